The molecule has 5 rings (SSSR count). The van der Waals surface area contributed by atoms with Crippen molar-refractivity contribution in [1.29, 1.82) is 0 Å². The minimum atomic E-state index is -0.973. The third-order valence-electron chi connectivity index (χ3n) is 5.57. The molecule has 0 bridgehead atoms. The first kappa shape index (κ1) is 18.9. The molecule has 0 aliphatic carbocycles. The van der Waals surface area contributed by atoms with E-state index < -0.39 is 11.6 Å². The molecule has 4 aromatic rings. The lowest BCUT2D eigenvalue weighted by molar-refractivity contribution is 0.237. The standard InChI is InChI=1S/C22H19F3N4O/c1-12-18(28-22(30-12)14-4-2-5-15(24)20(14)25)11-29-9-3-6-19(29)21-26-16-8-7-13(23)10-17(16)27-21/h2,4-5,7-8,10,19H,3,6,9,11H2,1H3,(H,26,27). The van der Waals surface area contributed by atoms with Crippen LogP contribution in [0, 0.1) is 24.4 Å². The molecule has 2 aromatic carbocycles. The smallest absolute Gasteiger partial charge is 0.229 e. The summed E-state index contributed by atoms with van der Waals surface area (Å²) in [5.74, 6) is -0.813. The van der Waals surface area contributed by atoms with Crippen molar-refractivity contribution in [3.8, 4) is 11.5 Å². The van der Waals surface area contributed by atoms with E-state index >= 15 is 0 Å². The van der Waals surface area contributed by atoms with Crippen LogP contribution < -0.4 is 0 Å². The summed E-state index contributed by atoms with van der Waals surface area (Å²) < 4.78 is 46.8. The lowest BCUT2D eigenvalue weighted by Gasteiger charge is -2.21. The predicted molar refractivity (Wildman–Crippen MR) is 105 cm³/mol. The van der Waals surface area contributed by atoms with Gasteiger partial charge in [0.25, 0.3) is 0 Å². The van der Waals surface area contributed by atoms with Gasteiger partial charge in [-0.25, -0.2) is 23.1 Å². The molecular formula is C22H19F3N4O. The summed E-state index contributed by atoms with van der Waals surface area (Å²) in [6.07, 6.45) is 1.89. The number of nitrogens with one attached hydrogen (secondary N) is 1. The Kier molecular flexibility index (Phi) is 4.58. The number of fused-ring (bicyclic) bond motifs is 1. The van der Waals surface area contributed by atoms with Crippen molar-refractivity contribution in [3.63, 3.8) is 0 Å². The van der Waals surface area contributed by atoms with E-state index in [1.165, 1.54) is 24.3 Å². The van der Waals surface area contributed by atoms with E-state index in [9.17, 15) is 13.2 Å². The Hall–Kier alpha value is -3.13. The van der Waals surface area contributed by atoms with Gasteiger partial charge in [-0.3, -0.25) is 4.90 Å². The third kappa shape index (κ3) is 3.27. The number of nitrogens with zero attached hydrogens (tertiary/aromatic N) is 3. The van der Waals surface area contributed by atoms with Crippen LogP contribution in [0.5, 0.6) is 0 Å². The molecule has 30 heavy (non-hydrogen) atoms. The molecule has 1 unspecified atom stereocenters. The molecule has 0 radical (unpaired) electrons. The zero-order chi connectivity index (χ0) is 20.8. The van der Waals surface area contributed by atoms with Gasteiger partial charge in [-0.1, -0.05) is 6.07 Å². The Morgan fingerprint density at radius 3 is 2.90 bits per heavy atom. The highest BCUT2D eigenvalue weighted by molar-refractivity contribution is 5.75. The van der Waals surface area contributed by atoms with Gasteiger partial charge in [-0.05, 0) is 56.6 Å². The van der Waals surface area contributed by atoms with Crippen molar-refractivity contribution in [2.45, 2.75) is 32.4 Å². The number of aryl methyl sites for hydroxylation is 1. The molecule has 0 amide bonds. The van der Waals surface area contributed by atoms with E-state index in [4.69, 9.17) is 4.42 Å². The number of oxazole rings is 1. The first-order chi connectivity index (χ1) is 14.5. The zero-order valence-electron chi connectivity index (χ0n) is 16.3. The van der Waals surface area contributed by atoms with Gasteiger partial charge in [0.1, 0.15) is 17.4 Å². The van der Waals surface area contributed by atoms with Gasteiger partial charge < -0.3 is 9.40 Å². The van der Waals surface area contributed by atoms with Gasteiger partial charge in [0.05, 0.1) is 28.3 Å². The second-order valence-corrected chi connectivity index (χ2v) is 7.54. The number of likely N-dealkylation sites (tertiary alicyclic amines) is 1. The minimum Gasteiger partial charge on any atom is -0.441 e. The lowest BCUT2D eigenvalue weighted by Crippen LogP contribution is -2.24. The number of hydrogen-bond acceptors (Lipinski definition) is 4. The number of aromatic nitrogens is 3. The van der Waals surface area contributed by atoms with Crippen LogP contribution in [0.2, 0.25) is 0 Å². The summed E-state index contributed by atoms with van der Waals surface area (Å²) in [6, 6.07) is 8.45. The van der Waals surface area contributed by atoms with E-state index in [2.05, 4.69) is 19.9 Å². The highest BCUT2D eigenvalue weighted by Crippen LogP contribution is 2.34. The molecular weight excluding hydrogens is 393 g/mol. The van der Waals surface area contributed by atoms with Gasteiger partial charge in [-0.15, -0.1) is 0 Å². The number of aromatic amines is 1. The Labute approximate surface area is 170 Å². The second-order valence-electron chi connectivity index (χ2n) is 7.54. The van der Waals surface area contributed by atoms with Crippen LogP contribution in [-0.4, -0.2) is 26.4 Å². The maximum atomic E-state index is 14.1. The van der Waals surface area contributed by atoms with Gasteiger partial charge in [-0.2, -0.15) is 0 Å². The topological polar surface area (TPSA) is 58.0 Å². The predicted octanol–water partition coefficient (Wildman–Crippen LogP) is 5.28. The molecule has 8 heteroatoms. The summed E-state index contributed by atoms with van der Waals surface area (Å²) in [5.41, 5.74) is 2.06. The summed E-state index contributed by atoms with van der Waals surface area (Å²) in [4.78, 5) is 14.5. The Morgan fingerprint density at radius 2 is 2.03 bits per heavy atom. The Morgan fingerprint density at radius 1 is 1.17 bits per heavy atom. The van der Waals surface area contributed by atoms with Crippen LogP contribution in [-0.2, 0) is 6.54 Å². The molecule has 3 heterocycles. The van der Waals surface area contributed by atoms with Gasteiger partial charge in [0, 0.05) is 6.54 Å². The van der Waals surface area contributed by atoms with Gasteiger partial charge >= 0.3 is 0 Å². The van der Waals surface area contributed by atoms with Crippen LogP contribution in [0.15, 0.2) is 40.8 Å². The third-order valence-corrected chi connectivity index (χ3v) is 5.57. The monoisotopic (exact) mass is 412 g/mol. The molecule has 5 nitrogen and oxygen atoms in total. The fourth-order valence-corrected chi connectivity index (χ4v) is 4.04. The van der Waals surface area contributed by atoms with Crippen molar-refractivity contribution in [2.24, 2.45) is 0 Å². The number of benzene rings is 2. The van der Waals surface area contributed by atoms with E-state index in [1.807, 2.05) is 0 Å². The van der Waals surface area contributed by atoms with Crippen LogP contribution >= 0.6 is 0 Å². The first-order valence-corrected chi connectivity index (χ1v) is 9.79. The maximum Gasteiger partial charge on any atom is 0.229 e. The summed E-state index contributed by atoms with van der Waals surface area (Å²) in [5, 5.41) is 0. The average molecular weight is 412 g/mol. The molecule has 1 atom stereocenters. The number of halogens is 3. The molecule has 0 saturated carbocycles. The van der Waals surface area contributed by atoms with E-state index in [-0.39, 0.29) is 23.3 Å². The van der Waals surface area contributed by atoms with Crippen molar-refractivity contribution in [1.82, 2.24) is 19.9 Å². The molecule has 1 N–H and O–H groups in total. The zero-order valence-corrected chi connectivity index (χ0v) is 16.3. The SMILES string of the molecule is Cc1oc(-c2cccc(F)c2F)nc1CN1CCCC1c1nc2ccc(F)cc2[nH]1. The molecule has 1 saturated heterocycles. The number of imidazole rings is 1. The summed E-state index contributed by atoms with van der Waals surface area (Å²) >= 11 is 0. The van der Waals surface area contributed by atoms with Crippen molar-refractivity contribution in [2.75, 3.05) is 6.54 Å². The van der Waals surface area contributed by atoms with Crippen molar-refractivity contribution >= 4 is 11.0 Å². The Balaban J connectivity index is 1.42. The fourth-order valence-electron chi connectivity index (χ4n) is 4.04. The van der Waals surface area contributed by atoms with E-state index in [1.54, 1.807) is 13.0 Å². The molecule has 1 fully saturated rings. The highest BCUT2D eigenvalue weighted by Gasteiger charge is 2.30. The number of hydrogen-bond donors (Lipinski definition) is 1. The van der Waals surface area contributed by atoms with E-state index in [0.717, 1.165) is 36.8 Å². The minimum absolute atomic E-state index is 0.00151. The first-order valence-electron chi connectivity index (χ1n) is 9.79. The quantitative estimate of drug-likeness (QED) is 0.495. The van der Waals surface area contributed by atoms with Crippen molar-refractivity contribution in [3.05, 3.63) is 71.1 Å². The molecule has 154 valence electrons. The van der Waals surface area contributed by atoms with Crippen LogP contribution in [0.3, 0.4) is 0 Å². The lowest BCUT2D eigenvalue weighted by atomic mass is 10.2. The highest BCUT2D eigenvalue weighted by atomic mass is 19.2. The number of rotatable bonds is 4. The normalized spacial score (nSPS) is 17.3. The largest absolute Gasteiger partial charge is 0.441 e. The maximum absolute atomic E-state index is 14.1. The molecule has 1 aliphatic heterocycles. The molecule has 1 aliphatic rings. The van der Waals surface area contributed by atoms with Crippen LogP contribution in [0.4, 0.5) is 13.2 Å². The van der Waals surface area contributed by atoms with E-state index in [0.29, 0.717) is 23.5 Å². The van der Waals surface area contributed by atoms with Crippen LogP contribution in [0.1, 0.15) is 36.2 Å². The van der Waals surface area contributed by atoms with Crippen molar-refractivity contribution < 1.29 is 17.6 Å². The van der Waals surface area contributed by atoms with Gasteiger partial charge in [0.2, 0.25) is 5.89 Å². The van der Waals surface area contributed by atoms with Gasteiger partial charge in [0.15, 0.2) is 11.6 Å². The average Bonchev–Trinajstić information content (AvgIpc) is 3.43. The second kappa shape index (κ2) is 7.28. The molecule has 2 aromatic heterocycles. The Bertz CT molecular complexity index is 1230. The summed E-state index contributed by atoms with van der Waals surface area (Å²) in [7, 11) is 0. The molecule has 0 spiro atoms. The summed E-state index contributed by atoms with van der Waals surface area (Å²) in [6.45, 7) is 3.09. The fraction of sp³-hybridized carbons (Fsp3) is 0.273. The number of H-pyrrole nitrogens is 1. The van der Waals surface area contributed by atoms with Crippen LogP contribution in [0.25, 0.3) is 22.5 Å².